The number of Topliss-reactive ketones (excluding diaryl/α,β-unsaturated/α-hetero) is 1. The maximum absolute atomic E-state index is 13.2. The molecule has 0 bridgehead atoms. The van der Waals surface area contributed by atoms with Crippen molar-refractivity contribution in [2.24, 2.45) is 5.92 Å². The summed E-state index contributed by atoms with van der Waals surface area (Å²) in [7, 11) is 0. The lowest BCUT2D eigenvalue weighted by Gasteiger charge is -2.07. The second-order valence-corrected chi connectivity index (χ2v) is 4.92. The number of carbonyl (C=O) groups is 2. The summed E-state index contributed by atoms with van der Waals surface area (Å²) < 4.78 is 18.5. The Kier molecular flexibility index (Phi) is 4.03. The van der Waals surface area contributed by atoms with Gasteiger partial charge in [0, 0.05) is 11.6 Å². The molecule has 1 aromatic carbocycles. The van der Waals surface area contributed by atoms with E-state index in [1.54, 1.807) is 18.2 Å². The second kappa shape index (κ2) is 6.30. The van der Waals surface area contributed by atoms with Crippen molar-refractivity contribution in [2.45, 2.75) is 0 Å². The van der Waals surface area contributed by atoms with Gasteiger partial charge in [0.25, 0.3) is 5.91 Å². The fourth-order valence-electron chi connectivity index (χ4n) is 2.15. The number of furan rings is 1. The third-order valence-corrected chi connectivity index (χ3v) is 3.29. The minimum Gasteiger partial charge on any atom is -0.453 e. The summed E-state index contributed by atoms with van der Waals surface area (Å²) in [4.78, 5) is 28.4. The number of amides is 1. The van der Waals surface area contributed by atoms with Gasteiger partial charge in [0.2, 0.25) is 5.78 Å². The van der Waals surface area contributed by atoms with Gasteiger partial charge in [0.1, 0.15) is 17.2 Å². The number of benzene rings is 1. The van der Waals surface area contributed by atoms with Crippen LogP contribution in [0.1, 0.15) is 10.6 Å². The van der Waals surface area contributed by atoms with Gasteiger partial charge in [-0.25, -0.2) is 9.37 Å². The van der Waals surface area contributed by atoms with Gasteiger partial charge >= 0.3 is 0 Å². The molecule has 0 spiro atoms. The van der Waals surface area contributed by atoms with E-state index in [9.17, 15) is 19.2 Å². The van der Waals surface area contributed by atoms with Crippen molar-refractivity contribution in [3.63, 3.8) is 0 Å². The topological polar surface area (TPSA) is 96.0 Å². The van der Waals surface area contributed by atoms with Crippen LogP contribution in [0.5, 0.6) is 0 Å². The highest BCUT2D eigenvalue weighted by Crippen LogP contribution is 2.22. The first kappa shape index (κ1) is 15.4. The maximum atomic E-state index is 13.2. The largest absolute Gasteiger partial charge is 0.453 e. The highest BCUT2D eigenvalue weighted by atomic mass is 19.1. The minimum absolute atomic E-state index is 0.182. The molecule has 118 valence electrons. The molecule has 3 aromatic rings. The molecule has 0 aliphatic heterocycles. The van der Waals surface area contributed by atoms with Crippen LogP contribution in [0.4, 0.5) is 10.2 Å². The number of hydrogen-bond donors (Lipinski definition) is 1. The van der Waals surface area contributed by atoms with Crippen molar-refractivity contribution in [1.29, 1.82) is 5.26 Å². The molecule has 2 aromatic heterocycles. The molecule has 0 unspecified atom stereocenters. The first-order valence-electron chi connectivity index (χ1n) is 6.93. The summed E-state index contributed by atoms with van der Waals surface area (Å²) in [6.07, 6.45) is 1.46. The quantitative estimate of drug-likeness (QED) is 0.588. The van der Waals surface area contributed by atoms with Gasteiger partial charge in [-0.1, -0.05) is 6.07 Å². The Balaban J connectivity index is 1.85. The minimum atomic E-state index is -1.60. The Morgan fingerprint density at radius 1 is 1.25 bits per heavy atom. The number of fused-ring (bicyclic) bond motifs is 1. The molecule has 1 amide bonds. The van der Waals surface area contributed by atoms with Gasteiger partial charge in [-0.3, -0.25) is 9.59 Å². The molecule has 7 heteroatoms. The van der Waals surface area contributed by atoms with Crippen LogP contribution in [0.2, 0.25) is 0 Å². The summed E-state index contributed by atoms with van der Waals surface area (Å²) in [5.74, 6) is -3.65. The molecule has 1 N–H and O–H groups in total. The van der Waals surface area contributed by atoms with E-state index in [0.29, 0.717) is 11.0 Å². The summed E-state index contributed by atoms with van der Waals surface area (Å²) in [5, 5.41) is 11.9. The smallest absolute Gasteiger partial charge is 0.251 e. The Morgan fingerprint density at radius 3 is 2.79 bits per heavy atom. The zero-order valence-electron chi connectivity index (χ0n) is 12.2. The fraction of sp³-hybridized carbons (Fsp3) is 0.0588. The number of rotatable bonds is 4. The molecule has 0 aliphatic carbocycles. The molecule has 0 saturated carbocycles. The second-order valence-electron chi connectivity index (χ2n) is 4.92. The van der Waals surface area contributed by atoms with E-state index in [1.165, 1.54) is 36.5 Å². The standard InChI is InChI=1S/C17H10FN3O3/c18-11-4-5-13-10(7-11)8-14(24-13)16(22)12(9-19)17(23)21-15-3-1-2-6-20-15/h1-8,12H,(H,20,21,23)/t12-/m0/s1. The lowest BCUT2D eigenvalue weighted by molar-refractivity contribution is -0.117. The van der Waals surface area contributed by atoms with Gasteiger partial charge in [-0.2, -0.15) is 5.26 Å². The van der Waals surface area contributed by atoms with Crippen molar-refractivity contribution < 1.29 is 18.4 Å². The summed E-state index contributed by atoms with van der Waals surface area (Å²) in [5.41, 5.74) is 0.293. The van der Waals surface area contributed by atoms with Gasteiger partial charge in [0.05, 0.1) is 6.07 Å². The monoisotopic (exact) mass is 323 g/mol. The van der Waals surface area contributed by atoms with Crippen LogP contribution in [-0.2, 0) is 4.79 Å². The van der Waals surface area contributed by atoms with Crippen molar-refractivity contribution in [1.82, 2.24) is 4.98 Å². The summed E-state index contributed by atoms with van der Waals surface area (Å²) >= 11 is 0. The molecule has 0 saturated heterocycles. The lowest BCUT2D eigenvalue weighted by atomic mass is 10.0. The highest BCUT2D eigenvalue weighted by Gasteiger charge is 2.30. The Labute approximate surface area is 135 Å². The highest BCUT2D eigenvalue weighted by molar-refractivity contribution is 6.15. The molecule has 24 heavy (non-hydrogen) atoms. The zero-order valence-corrected chi connectivity index (χ0v) is 12.2. The molecule has 2 heterocycles. The zero-order chi connectivity index (χ0) is 17.1. The number of aromatic nitrogens is 1. The molecule has 0 aliphatic rings. The number of carbonyl (C=O) groups excluding carboxylic acids is 2. The molecule has 0 radical (unpaired) electrons. The molecule has 3 rings (SSSR count). The molecule has 6 nitrogen and oxygen atoms in total. The number of ketones is 1. The van der Waals surface area contributed by atoms with Gasteiger partial charge in [-0.15, -0.1) is 0 Å². The molecule has 1 atom stereocenters. The number of nitrogens with one attached hydrogen (secondary N) is 1. The number of anilines is 1. The van der Waals surface area contributed by atoms with Crippen molar-refractivity contribution in [3.05, 3.63) is 60.2 Å². The maximum Gasteiger partial charge on any atom is 0.251 e. The van der Waals surface area contributed by atoms with Crippen LogP contribution < -0.4 is 5.32 Å². The van der Waals surface area contributed by atoms with Crippen molar-refractivity contribution in [3.8, 4) is 6.07 Å². The van der Waals surface area contributed by atoms with E-state index in [0.717, 1.165) is 0 Å². The third-order valence-electron chi connectivity index (χ3n) is 3.29. The Bertz CT molecular complexity index is 960. The van der Waals surface area contributed by atoms with E-state index in [4.69, 9.17) is 4.42 Å². The normalized spacial score (nSPS) is 11.7. The van der Waals surface area contributed by atoms with E-state index < -0.39 is 23.4 Å². The number of halogens is 1. The predicted octanol–water partition coefficient (Wildman–Crippen LogP) is 2.93. The number of hydrogen-bond acceptors (Lipinski definition) is 5. The van der Waals surface area contributed by atoms with E-state index in [-0.39, 0.29) is 11.6 Å². The van der Waals surface area contributed by atoms with Crippen LogP contribution in [0.25, 0.3) is 11.0 Å². The average Bonchev–Trinajstić information content (AvgIpc) is 2.99. The fourth-order valence-corrected chi connectivity index (χ4v) is 2.15. The van der Waals surface area contributed by atoms with Crippen LogP contribution in [0.3, 0.4) is 0 Å². The predicted molar refractivity (Wildman–Crippen MR) is 82.5 cm³/mol. The molecular formula is C17H10FN3O3. The van der Waals surface area contributed by atoms with Crippen LogP contribution in [0.15, 0.2) is 53.1 Å². The van der Waals surface area contributed by atoms with Crippen molar-refractivity contribution in [2.75, 3.05) is 5.32 Å². The first-order valence-corrected chi connectivity index (χ1v) is 6.93. The molecule has 0 fully saturated rings. The average molecular weight is 323 g/mol. The van der Waals surface area contributed by atoms with E-state index >= 15 is 0 Å². The Hall–Kier alpha value is -3.53. The van der Waals surface area contributed by atoms with Crippen LogP contribution >= 0.6 is 0 Å². The van der Waals surface area contributed by atoms with Gasteiger partial charge < -0.3 is 9.73 Å². The summed E-state index contributed by atoms with van der Waals surface area (Å²) in [6.45, 7) is 0. The number of nitriles is 1. The number of nitrogens with zero attached hydrogens (tertiary/aromatic N) is 2. The van der Waals surface area contributed by atoms with Crippen LogP contribution in [-0.4, -0.2) is 16.7 Å². The van der Waals surface area contributed by atoms with E-state index in [1.807, 2.05) is 0 Å². The van der Waals surface area contributed by atoms with Gasteiger partial charge in [0.15, 0.2) is 11.7 Å². The van der Waals surface area contributed by atoms with Crippen molar-refractivity contribution >= 4 is 28.5 Å². The van der Waals surface area contributed by atoms with Crippen LogP contribution in [0, 0.1) is 23.1 Å². The van der Waals surface area contributed by atoms with Gasteiger partial charge in [-0.05, 0) is 36.4 Å². The Morgan fingerprint density at radius 2 is 2.08 bits per heavy atom. The summed E-state index contributed by atoms with van der Waals surface area (Å²) in [6, 6.07) is 11.6. The molecular weight excluding hydrogens is 313 g/mol. The lowest BCUT2D eigenvalue weighted by Crippen LogP contribution is -2.28. The SMILES string of the molecule is N#C[C@H](C(=O)Nc1ccccn1)C(=O)c1cc2cc(F)ccc2o1. The third kappa shape index (κ3) is 2.98. The van der Waals surface area contributed by atoms with E-state index in [2.05, 4.69) is 10.3 Å². The number of pyridine rings is 1. The first-order chi connectivity index (χ1) is 11.6.